The van der Waals surface area contributed by atoms with Crippen LogP contribution < -0.4 is 11.4 Å². The summed E-state index contributed by atoms with van der Waals surface area (Å²) < 4.78 is 5.29. The highest BCUT2D eigenvalue weighted by Gasteiger charge is 2.18. The molecule has 0 amide bonds. The molecular weight excluding hydrogens is 288 g/mol. The van der Waals surface area contributed by atoms with Gasteiger partial charge in [-0.1, -0.05) is 12.1 Å². The molecule has 5 heteroatoms. The zero-order valence-electron chi connectivity index (χ0n) is 12.2. The van der Waals surface area contributed by atoms with Gasteiger partial charge in [-0.2, -0.15) is 0 Å². The van der Waals surface area contributed by atoms with Crippen LogP contribution in [0.1, 0.15) is 24.0 Å². The van der Waals surface area contributed by atoms with Crippen molar-refractivity contribution in [3.05, 3.63) is 45.8 Å². The van der Waals surface area contributed by atoms with Crippen molar-refractivity contribution < 1.29 is 4.42 Å². The number of hydrogen-bond acceptors (Lipinski definition) is 4. The van der Waals surface area contributed by atoms with E-state index in [0.29, 0.717) is 5.58 Å². The molecule has 1 aromatic heterocycles. The Hall–Kier alpha value is -1.36. The molecule has 3 rings (SSSR count). The van der Waals surface area contributed by atoms with Crippen LogP contribution in [0, 0.1) is 6.92 Å². The van der Waals surface area contributed by atoms with E-state index < -0.39 is 0 Å². The summed E-state index contributed by atoms with van der Waals surface area (Å²) in [6, 6.07) is 7.86. The van der Waals surface area contributed by atoms with Crippen LogP contribution in [-0.4, -0.2) is 24.0 Å². The average molecular weight is 309 g/mol. The lowest BCUT2D eigenvalue weighted by Crippen LogP contribution is -2.42. The molecule has 114 valence electrons. The van der Waals surface area contributed by atoms with Crippen LogP contribution in [0.25, 0.3) is 11.0 Å². The van der Waals surface area contributed by atoms with Gasteiger partial charge in [0.2, 0.25) is 0 Å². The third kappa shape index (κ3) is 3.64. The summed E-state index contributed by atoms with van der Waals surface area (Å²) in [6.45, 7) is 4.70. The van der Waals surface area contributed by atoms with Crippen LogP contribution in [0.4, 0.5) is 0 Å². The maximum atomic E-state index is 11.7. The monoisotopic (exact) mass is 308 g/mol. The minimum absolute atomic E-state index is 0. The minimum atomic E-state index is -0.278. The first kappa shape index (κ1) is 16.0. The van der Waals surface area contributed by atoms with Crippen molar-refractivity contribution in [2.24, 2.45) is 5.73 Å². The van der Waals surface area contributed by atoms with Gasteiger partial charge in [0, 0.05) is 30.6 Å². The van der Waals surface area contributed by atoms with Crippen molar-refractivity contribution in [2.75, 3.05) is 13.1 Å². The lowest BCUT2D eigenvalue weighted by molar-refractivity contribution is 0.202. The van der Waals surface area contributed by atoms with Crippen molar-refractivity contribution in [3.8, 4) is 0 Å². The van der Waals surface area contributed by atoms with E-state index in [1.54, 1.807) is 6.07 Å². The van der Waals surface area contributed by atoms with Crippen molar-refractivity contribution in [3.63, 3.8) is 0 Å². The molecule has 0 saturated carbocycles. The van der Waals surface area contributed by atoms with E-state index in [1.165, 1.54) is 0 Å². The average Bonchev–Trinajstić information content (AvgIpc) is 2.37. The maximum Gasteiger partial charge on any atom is 0.336 e. The number of rotatable bonds is 2. The van der Waals surface area contributed by atoms with E-state index in [2.05, 4.69) is 4.90 Å². The van der Waals surface area contributed by atoms with E-state index in [-0.39, 0.29) is 24.1 Å². The molecule has 21 heavy (non-hydrogen) atoms. The highest BCUT2D eigenvalue weighted by atomic mass is 35.5. The Balaban J connectivity index is 0.00000161. The Morgan fingerprint density at radius 2 is 2.19 bits per heavy atom. The third-order valence-corrected chi connectivity index (χ3v) is 3.92. The molecule has 2 aromatic rings. The fraction of sp³-hybridized carbons (Fsp3) is 0.438. The molecule has 0 spiro atoms. The summed E-state index contributed by atoms with van der Waals surface area (Å²) in [5.41, 5.74) is 8.54. The van der Waals surface area contributed by atoms with Crippen molar-refractivity contribution >= 4 is 23.4 Å². The van der Waals surface area contributed by atoms with Gasteiger partial charge in [0.1, 0.15) is 5.58 Å². The standard InChI is InChI=1S/C16H20N2O2.ClH/c1-11-4-5-14-12(8-16(19)20-15(14)7-11)9-18-6-2-3-13(17)10-18;/h4-5,7-8,13H,2-3,6,9-10,17H2,1H3;1H/t13-;/m1./s1. The fourth-order valence-corrected chi connectivity index (χ4v) is 2.94. The van der Waals surface area contributed by atoms with Crippen LogP contribution in [0.2, 0.25) is 0 Å². The molecule has 2 N–H and O–H groups in total. The van der Waals surface area contributed by atoms with Crippen molar-refractivity contribution in [2.45, 2.75) is 32.4 Å². The molecule has 1 aliphatic rings. The SMILES string of the molecule is Cc1ccc2c(CN3CCC[C@@H](N)C3)cc(=O)oc2c1.Cl. The summed E-state index contributed by atoms with van der Waals surface area (Å²) in [4.78, 5) is 14.0. The van der Waals surface area contributed by atoms with E-state index in [1.807, 2.05) is 25.1 Å². The number of likely N-dealkylation sites (tertiary alicyclic amines) is 1. The van der Waals surface area contributed by atoms with Crippen molar-refractivity contribution in [1.82, 2.24) is 4.90 Å². The molecular formula is C16H21ClN2O2. The number of nitrogens with two attached hydrogens (primary N) is 1. The Kier molecular flexibility index (Phi) is 5.04. The van der Waals surface area contributed by atoms with Gasteiger partial charge in [0.05, 0.1) is 0 Å². The molecule has 1 fully saturated rings. The summed E-state index contributed by atoms with van der Waals surface area (Å²) in [7, 11) is 0. The first-order valence-electron chi connectivity index (χ1n) is 7.13. The highest BCUT2D eigenvalue weighted by molar-refractivity contribution is 5.85. The number of benzene rings is 1. The zero-order chi connectivity index (χ0) is 14.1. The second-order valence-electron chi connectivity index (χ2n) is 5.73. The summed E-state index contributed by atoms with van der Waals surface area (Å²) in [5, 5.41) is 1.02. The molecule has 4 nitrogen and oxygen atoms in total. The Morgan fingerprint density at radius 1 is 1.38 bits per heavy atom. The molecule has 0 bridgehead atoms. The van der Waals surface area contributed by atoms with Gasteiger partial charge >= 0.3 is 5.63 Å². The lowest BCUT2D eigenvalue weighted by Gasteiger charge is -2.30. The van der Waals surface area contributed by atoms with E-state index in [9.17, 15) is 4.79 Å². The normalized spacial score (nSPS) is 19.4. The second kappa shape index (κ2) is 6.60. The van der Waals surface area contributed by atoms with Crippen LogP contribution in [0.15, 0.2) is 33.5 Å². The highest BCUT2D eigenvalue weighted by Crippen LogP contribution is 2.21. The topological polar surface area (TPSA) is 59.5 Å². The summed E-state index contributed by atoms with van der Waals surface area (Å²) in [6.07, 6.45) is 2.22. The predicted molar refractivity (Wildman–Crippen MR) is 87.0 cm³/mol. The number of halogens is 1. The predicted octanol–water partition coefficient (Wildman–Crippen LogP) is 2.45. The Bertz CT molecular complexity index is 684. The summed E-state index contributed by atoms with van der Waals surface area (Å²) >= 11 is 0. The van der Waals surface area contributed by atoms with E-state index >= 15 is 0 Å². The van der Waals surface area contributed by atoms with Crippen LogP contribution in [0.3, 0.4) is 0 Å². The number of fused-ring (bicyclic) bond motifs is 1. The number of hydrogen-bond donors (Lipinski definition) is 1. The van der Waals surface area contributed by atoms with Crippen LogP contribution >= 0.6 is 12.4 Å². The Labute approximate surface area is 130 Å². The Morgan fingerprint density at radius 3 is 2.95 bits per heavy atom. The first-order valence-corrected chi connectivity index (χ1v) is 7.13. The molecule has 1 aliphatic heterocycles. The second-order valence-corrected chi connectivity index (χ2v) is 5.73. The maximum absolute atomic E-state index is 11.7. The van der Waals surface area contributed by atoms with Crippen LogP contribution in [0.5, 0.6) is 0 Å². The molecule has 0 unspecified atom stereocenters. The molecule has 1 aromatic carbocycles. The number of nitrogens with zero attached hydrogens (tertiary/aromatic N) is 1. The van der Waals surface area contributed by atoms with Crippen molar-refractivity contribution in [1.29, 1.82) is 0 Å². The third-order valence-electron chi connectivity index (χ3n) is 3.92. The van der Waals surface area contributed by atoms with Gasteiger partial charge in [0.25, 0.3) is 0 Å². The summed E-state index contributed by atoms with van der Waals surface area (Å²) in [5.74, 6) is 0. The van der Waals surface area contributed by atoms with Gasteiger partial charge in [0.15, 0.2) is 0 Å². The fourth-order valence-electron chi connectivity index (χ4n) is 2.94. The number of piperidine rings is 1. The molecule has 0 radical (unpaired) electrons. The molecule has 1 saturated heterocycles. The van der Waals surface area contributed by atoms with Gasteiger partial charge in [-0.15, -0.1) is 12.4 Å². The molecule has 2 heterocycles. The molecule has 0 aliphatic carbocycles. The first-order chi connectivity index (χ1) is 9.61. The quantitative estimate of drug-likeness (QED) is 0.866. The van der Waals surface area contributed by atoms with Gasteiger partial charge in [-0.25, -0.2) is 4.79 Å². The zero-order valence-corrected chi connectivity index (χ0v) is 13.0. The largest absolute Gasteiger partial charge is 0.423 e. The van der Waals surface area contributed by atoms with Gasteiger partial charge < -0.3 is 10.2 Å². The van der Waals surface area contributed by atoms with Crippen LogP contribution in [-0.2, 0) is 6.54 Å². The van der Waals surface area contributed by atoms with E-state index in [4.69, 9.17) is 10.2 Å². The van der Waals surface area contributed by atoms with Gasteiger partial charge in [-0.05, 0) is 43.5 Å². The van der Waals surface area contributed by atoms with E-state index in [0.717, 1.165) is 49.0 Å². The lowest BCUT2D eigenvalue weighted by atomic mass is 10.0. The van der Waals surface area contributed by atoms with Gasteiger partial charge in [-0.3, -0.25) is 4.90 Å². The molecule has 1 atom stereocenters. The minimum Gasteiger partial charge on any atom is -0.423 e. The number of aryl methyl sites for hydroxylation is 1. The smallest absolute Gasteiger partial charge is 0.336 e.